The van der Waals surface area contributed by atoms with Crippen molar-refractivity contribution >= 4 is 40.8 Å². The summed E-state index contributed by atoms with van der Waals surface area (Å²) < 4.78 is 26.2. The second-order valence-corrected chi connectivity index (χ2v) is 5.91. The van der Waals surface area contributed by atoms with Gasteiger partial charge in [0.05, 0.1) is 10.7 Å². The first-order valence-electron chi connectivity index (χ1n) is 7.50. The van der Waals surface area contributed by atoms with Crippen molar-refractivity contribution in [3.63, 3.8) is 0 Å². The minimum atomic E-state index is -1.21. The molecule has 0 spiro atoms. The minimum absolute atomic E-state index is 0.0400. The molecule has 0 aliphatic carbocycles. The molecule has 0 aromatic heterocycles. The molecule has 0 saturated carbocycles. The Balaban J connectivity index is 1.81. The number of carbonyl (C=O) groups excluding carboxylic acids is 3. The Hall–Kier alpha value is -3.00. The van der Waals surface area contributed by atoms with Gasteiger partial charge in [-0.25, -0.2) is 18.5 Å². The molecule has 1 saturated heterocycles. The zero-order chi connectivity index (χ0) is 18.8. The summed E-state index contributed by atoms with van der Waals surface area (Å²) in [7, 11) is 0. The number of carbonyl (C=O) groups is 3. The van der Waals surface area contributed by atoms with Gasteiger partial charge < -0.3 is 10.6 Å². The Labute approximate surface area is 151 Å². The van der Waals surface area contributed by atoms with E-state index in [1.54, 1.807) is 0 Å². The van der Waals surface area contributed by atoms with Gasteiger partial charge in [-0.3, -0.25) is 9.59 Å². The van der Waals surface area contributed by atoms with Crippen LogP contribution in [0.3, 0.4) is 0 Å². The first-order valence-corrected chi connectivity index (χ1v) is 7.88. The average molecular weight is 380 g/mol. The molecule has 2 N–H and O–H groups in total. The van der Waals surface area contributed by atoms with Gasteiger partial charge in [-0.1, -0.05) is 11.6 Å². The fourth-order valence-corrected chi connectivity index (χ4v) is 2.62. The van der Waals surface area contributed by atoms with E-state index in [9.17, 15) is 23.2 Å². The van der Waals surface area contributed by atoms with Crippen LogP contribution in [0.15, 0.2) is 42.5 Å². The fourth-order valence-electron chi connectivity index (χ4n) is 2.45. The van der Waals surface area contributed by atoms with Crippen molar-refractivity contribution in [1.29, 1.82) is 0 Å². The number of rotatable bonds is 3. The molecule has 0 radical (unpaired) electrons. The van der Waals surface area contributed by atoms with E-state index in [2.05, 4.69) is 10.6 Å². The van der Waals surface area contributed by atoms with E-state index in [1.807, 2.05) is 0 Å². The third kappa shape index (κ3) is 3.50. The Kier molecular flexibility index (Phi) is 4.85. The number of hydrogen-bond donors (Lipinski definition) is 2. The Morgan fingerprint density at radius 3 is 2.50 bits per heavy atom. The predicted octanol–water partition coefficient (Wildman–Crippen LogP) is 2.93. The lowest BCUT2D eigenvalue weighted by Crippen LogP contribution is -2.58. The van der Waals surface area contributed by atoms with Gasteiger partial charge in [0, 0.05) is 12.2 Å². The van der Waals surface area contributed by atoms with Crippen LogP contribution in [0.2, 0.25) is 5.02 Å². The van der Waals surface area contributed by atoms with E-state index in [0.717, 1.165) is 29.2 Å². The van der Waals surface area contributed by atoms with Gasteiger partial charge in [0.25, 0.3) is 0 Å². The second kappa shape index (κ2) is 7.09. The van der Waals surface area contributed by atoms with E-state index in [4.69, 9.17) is 11.6 Å². The third-order valence-corrected chi connectivity index (χ3v) is 4.06. The first kappa shape index (κ1) is 17.8. The highest BCUT2D eigenvalue weighted by Crippen LogP contribution is 2.26. The number of halogens is 3. The molecule has 1 aliphatic rings. The molecular formula is C17H12ClF2N3O3. The molecule has 2 aromatic rings. The zero-order valence-electron chi connectivity index (χ0n) is 13.1. The highest BCUT2D eigenvalue weighted by molar-refractivity contribution is 6.31. The van der Waals surface area contributed by atoms with E-state index in [0.29, 0.717) is 5.69 Å². The van der Waals surface area contributed by atoms with Gasteiger partial charge in [0.2, 0.25) is 11.8 Å². The highest BCUT2D eigenvalue weighted by Gasteiger charge is 2.39. The molecule has 9 heteroatoms. The first-order chi connectivity index (χ1) is 12.4. The van der Waals surface area contributed by atoms with E-state index in [1.165, 1.54) is 18.2 Å². The maximum atomic E-state index is 13.3. The summed E-state index contributed by atoms with van der Waals surface area (Å²) >= 11 is 5.69. The highest BCUT2D eigenvalue weighted by atomic mass is 35.5. The van der Waals surface area contributed by atoms with Crippen LogP contribution in [0.25, 0.3) is 0 Å². The van der Waals surface area contributed by atoms with E-state index < -0.39 is 35.4 Å². The molecular weight excluding hydrogens is 368 g/mol. The van der Waals surface area contributed by atoms with Crippen LogP contribution in [0.1, 0.15) is 0 Å². The van der Waals surface area contributed by atoms with Crippen LogP contribution in [0, 0.1) is 17.6 Å². The maximum absolute atomic E-state index is 13.3. The van der Waals surface area contributed by atoms with Crippen molar-refractivity contribution in [3.8, 4) is 0 Å². The summed E-state index contributed by atoms with van der Waals surface area (Å²) in [5.41, 5.74) is 0.343. The lowest BCUT2D eigenvalue weighted by Gasteiger charge is -2.30. The normalized spacial score (nSPS) is 17.0. The smallest absolute Gasteiger partial charge is 0.328 e. The summed E-state index contributed by atoms with van der Waals surface area (Å²) in [6.07, 6.45) is 0. The molecule has 1 atom stereocenters. The number of benzene rings is 2. The van der Waals surface area contributed by atoms with E-state index in [-0.39, 0.29) is 17.3 Å². The van der Waals surface area contributed by atoms with Crippen molar-refractivity contribution in [1.82, 2.24) is 5.32 Å². The van der Waals surface area contributed by atoms with Gasteiger partial charge in [-0.15, -0.1) is 0 Å². The fraction of sp³-hybridized carbons (Fsp3) is 0.118. The van der Waals surface area contributed by atoms with Crippen LogP contribution in [-0.2, 0) is 9.59 Å². The number of nitrogens with zero attached hydrogens (tertiary/aromatic N) is 1. The summed E-state index contributed by atoms with van der Waals surface area (Å²) in [4.78, 5) is 37.8. The molecule has 0 bridgehead atoms. The number of hydrogen-bond acceptors (Lipinski definition) is 3. The van der Waals surface area contributed by atoms with Crippen molar-refractivity contribution in [2.24, 2.45) is 5.92 Å². The number of urea groups is 1. The maximum Gasteiger partial charge on any atom is 0.328 e. The van der Waals surface area contributed by atoms with Crippen LogP contribution in [0.5, 0.6) is 0 Å². The predicted molar refractivity (Wildman–Crippen MR) is 90.8 cm³/mol. The molecule has 3 rings (SSSR count). The number of imide groups is 1. The molecule has 1 unspecified atom stereocenters. The third-order valence-electron chi connectivity index (χ3n) is 3.77. The number of anilines is 2. The monoisotopic (exact) mass is 379 g/mol. The Bertz CT molecular complexity index is 889. The van der Waals surface area contributed by atoms with Crippen molar-refractivity contribution < 1.29 is 23.2 Å². The SMILES string of the molecule is O=C(Nc1ccc(F)cc1)C1CNC(=O)N(c2ccc(F)c(Cl)c2)C1=O. The van der Waals surface area contributed by atoms with Crippen molar-refractivity contribution in [3.05, 3.63) is 59.1 Å². The van der Waals surface area contributed by atoms with Crippen LogP contribution in [0.4, 0.5) is 25.0 Å². The van der Waals surface area contributed by atoms with Crippen LogP contribution >= 0.6 is 11.6 Å². The summed E-state index contributed by atoms with van der Waals surface area (Å²) in [5.74, 6) is -3.83. The molecule has 6 nitrogen and oxygen atoms in total. The molecule has 2 aromatic carbocycles. The van der Waals surface area contributed by atoms with Crippen LogP contribution < -0.4 is 15.5 Å². The van der Waals surface area contributed by atoms with Crippen molar-refractivity contribution in [2.75, 3.05) is 16.8 Å². The van der Waals surface area contributed by atoms with Crippen molar-refractivity contribution in [2.45, 2.75) is 0 Å². The summed E-state index contributed by atoms with van der Waals surface area (Å²) in [6.45, 7) is -0.198. The Morgan fingerprint density at radius 1 is 1.15 bits per heavy atom. The largest absolute Gasteiger partial charge is 0.336 e. The topological polar surface area (TPSA) is 78.5 Å². The summed E-state index contributed by atoms with van der Waals surface area (Å²) in [5, 5.41) is 4.65. The number of nitrogens with one attached hydrogen (secondary N) is 2. The average Bonchev–Trinajstić information content (AvgIpc) is 2.60. The van der Waals surface area contributed by atoms with Gasteiger partial charge >= 0.3 is 6.03 Å². The lowest BCUT2D eigenvalue weighted by molar-refractivity contribution is -0.130. The van der Waals surface area contributed by atoms with Gasteiger partial charge in [-0.05, 0) is 42.5 Å². The standard InChI is InChI=1S/C17H12ClF2N3O3/c18-13-7-11(5-6-14(13)20)23-16(25)12(8-21-17(23)26)15(24)22-10-3-1-9(19)2-4-10/h1-7,12H,8H2,(H,21,26)(H,22,24). The molecule has 4 amide bonds. The molecule has 1 aliphatic heterocycles. The molecule has 26 heavy (non-hydrogen) atoms. The van der Waals surface area contributed by atoms with Gasteiger partial charge in [-0.2, -0.15) is 0 Å². The molecule has 1 fully saturated rings. The lowest BCUT2D eigenvalue weighted by atomic mass is 10.0. The Morgan fingerprint density at radius 2 is 1.85 bits per heavy atom. The van der Waals surface area contributed by atoms with Gasteiger partial charge in [0.1, 0.15) is 17.6 Å². The zero-order valence-corrected chi connectivity index (χ0v) is 13.9. The van der Waals surface area contributed by atoms with E-state index >= 15 is 0 Å². The van der Waals surface area contributed by atoms with Crippen LogP contribution in [-0.4, -0.2) is 24.4 Å². The quantitative estimate of drug-likeness (QED) is 0.805. The molecule has 134 valence electrons. The minimum Gasteiger partial charge on any atom is -0.336 e. The van der Waals surface area contributed by atoms with Gasteiger partial charge in [0.15, 0.2) is 0 Å². The number of amides is 4. The molecule has 1 heterocycles. The summed E-state index contributed by atoms with van der Waals surface area (Å²) in [6, 6.07) is 7.60. The second-order valence-electron chi connectivity index (χ2n) is 5.51.